The summed E-state index contributed by atoms with van der Waals surface area (Å²) in [5, 5.41) is 49.7. The van der Waals surface area contributed by atoms with E-state index in [2.05, 4.69) is 84.6 Å². The predicted molar refractivity (Wildman–Crippen MR) is 241 cm³/mol. The van der Waals surface area contributed by atoms with Crippen molar-refractivity contribution >= 4 is 66.4 Å². The zero-order chi connectivity index (χ0) is 42.7. The Morgan fingerprint density at radius 3 is 1.75 bits per heavy atom. The quantitative estimate of drug-likeness (QED) is 0.0656. The molecule has 6 aromatic rings. The molecule has 0 aliphatic carbocycles. The van der Waals surface area contributed by atoms with Gasteiger partial charge in [-0.1, -0.05) is 25.5 Å². The molecule has 0 bridgehead atoms. The molecule has 19 heteroatoms. The van der Waals surface area contributed by atoms with E-state index in [0.29, 0.717) is 13.1 Å². The minimum atomic E-state index is -0.139. The van der Waals surface area contributed by atoms with Gasteiger partial charge in [0.15, 0.2) is 11.3 Å². The minimum Gasteiger partial charge on any atom is -0.397 e. The van der Waals surface area contributed by atoms with Gasteiger partial charge in [0.2, 0.25) is 0 Å². The Kier molecular flexibility index (Phi) is 19.2. The summed E-state index contributed by atoms with van der Waals surface area (Å²) in [5.41, 5.74) is 5.83. The van der Waals surface area contributed by atoms with E-state index in [1.165, 1.54) is 12.8 Å². The Morgan fingerprint density at radius 1 is 0.750 bits per heavy atom. The lowest BCUT2D eigenvalue weighted by molar-refractivity contribution is 0.0860. The summed E-state index contributed by atoms with van der Waals surface area (Å²) < 4.78 is 5.38. The van der Waals surface area contributed by atoms with E-state index in [1.54, 1.807) is 36.2 Å². The molecule has 2 fully saturated rings. The highest BCUT2D eigenvalue weighted by molar-refractivity contribution is 9.11. The van der Waals surface area contributed by atoms with E-state index in [0.717, 1.165) is 106 Å². The molecule has 2 atom stereocenters. The highest BCUT2D eigenvalue weighted by Gasteiger charge is 2.25. The molecule has 2 unspecified atom stereocenters. The van der Waals surface area contributed by atoms with Gasteiger partial charge in [-0.05, 0) is 101 Å². The Labute approximate surface area is 367 Å². The van der Waals surface area contributed by atoms with Gasteiger partial charge < -0.3 is 41.0 Å². The van der Waals surface area contributed by atoms with Crippen molar-refractivity contribution in [2.75, 3.05) is 59.9 Å². The minimum absolute atomic E-state index is 0.00431. The molecular formula is C41H57Br2N13O4. The van der Waals surface area contributed by atoms with Gasteiger partial charge in [0.1, 0.15) is 23.3 Å². The fraction of sp³-hybridized carbons (Fsp3) is 0.463. The first kappa shape index (κ1) is 46.6. The average molecular weight is 956 g/mol. The van der Waals surface area contributed by atoms with Crippen LogP contribution in [0, 0.1) is 0 Å². The van der Waals surface area contributed by atoms with Crippen LogP contribution >= 0.6 is 31.9 Å². The normalized spacial score (nSPS) is 15.4. The van der Waals surface area contributed by atoms with Crippen molar-refractivity contribution in [3.8, 4) is 0 Å². The first-order valence-electron chi connectivity index (χ1n) is 20.4. The number of anilines is 4. The Bertz CT molecular complexity index is 2140. The first-order chi connectivity index (χ1) is 29.3. The largest absolute Gasteiger partial charge is 0.397 e. The van der Waals surface area contributed by atoms with Gasteiger partial charge in [0, 0.05) is 76.3 Å². The van der Waals surface area contributed by atoms with Crippen LogP contribution in [0.15, 0.2) is 82.5 Å². The van der Waals surface area contributed by atoms with Crippen LogP contribution in [0.25, 0.3) is 11.3 Å². The molecule has 0 spiro atoms. The van der Waals surface area contributed by atoms with Crippen LogP contribution < -0.4 is 25.9 Å². The second-order valence-corrected chi connectivity index (χ2v) is 15.9. The standard InChI is InChI=1S/C18H21BrN6O.C16H17BrN6.C5H13NO2.C2H6O/c19-15-11-22-25-16(21-10-13-4-3-6-20-9-13)8-17(23-18(15)25)24-7-2-1-5-14(24)12-26;17-13-11-20-23-14(19-10-12-4-3-5-18-9-12)8-15(21-16(13)23)22-6-1-2-7-22;1-2-3-5(4-7)6-8;1-2-3/h3-4,6,8-9,11,14,21,26H,1-2,5,7,10,12H2;3-5,8-9,11,19H,1-2,6-7,10H2;5-8H,2-4H2,1H3;3H,2H2,1H3. The van der Waals surface area contributed by atoms with E-state index < -0.39 is 0 Å². The van der Waals surface area contributed by atoms with Gasteiger partial charge in [-0.15, -0.1) is 0 Å². The summed E-state index contributed by atoms with van der Waals surface area (Å²) in [6.07, 6.45) is 18.3. The summed E-state index contributed by atoms with van der Waals surface area (Å²) in [6, 6.07) is 12.0. The van der Waals surface area contributed by atoms with Crippen LogP contribution in [0.2, 0.25) is 0 Å². The van der Waals surface area contributed by atoms with Crippen molar-refractivity contribution in [3.05, 3.63) is 93.7 Å². The molecule has 8 heterocycles. The lowest BCUT2D eigenvalue weighted by Gasteiger charge is -2.35. The van der Waals surface area contributed by atoms with E-state index in [-0.39, 0.29) is 31.9 Å². The zero-order valence-corrected chi connectivity index (χ0v) is 37.4. The number of aliphatic hydroxyl groups is 3. The number of hydrogen-bond donors (Lipinski definition) is 7. The van der Waals surface area contributed by atoms with Crippen LogP contribution in [0.1, 0.15) is 69.9 Å². The van der Waals surface area contributed by atoms with E-state index in [9.17, 15) is 5.11 Å². The van der Waals surface area contributed by atoms with Crippen LogP contribution in [-0.4, -0.2) is 111 Å². The topological polar surface area (TPSA) is 210 Å². The van der Waals surface area contributed by atoms with Gasteiger partial charge in [0.05, 0.1) is 46.6 Å². The van der Waals surface area contributed by atoms with Crippen molar-refractivity contribution in [1.82, 2.24) is 44.6 Å². The fourth-order valence-corrected chi connectivity index (χ4v) is 7.48. The monoisotopic (exact) mass is 953 g/mol. The van der Waals surface area contributed by atoms with Gasteiger partial charge in [0.25, 0.3) is 0 Å². The smallest absolute Gasteiger partial charge is 0.173 e. The van der Waals surface area contributed by atoms with Gasteiger partial charge in [-0.2, -0.15) is 19.2 Å². The summed E-state index contributed by atoms with van der Waals surface area (Å²) in [5.74, 6) is 3.67. The number of aromatic nitrogens is 8. The van der Waals surface area contributed by atoms with E-state index in [4.69, 9.17) is 25.4 Å². The maximum atomic E-state index is 9.75. The number of fused-ring (bicyclic) bond motifs is 2. The van der Waals surface area contributed by atoms with E-state index >= 15 is 0 Å². The molecule has 8 rings (SSSR count). The molecule has 0 radical (unpaired) electrons. The third-order valence-corrected chi connectivity index (χ3v) is 10.9. The second-order valence-electron chi connectivity index (χ2n) is 14.2. The summed E-state index contributed by atoms with van der Waals surface area (Å²) in [6.45, 7) is 8.46. The SMILES string of the molecule is Brc1cnn2c(NCc3cccnc3)cc(N3CCCC3)nc12.CCCC(CO)NO.CCO.OCC1CCCCN1c1cc(NCc2cccnc2)n2ncc(Br)c2n1. The molecule has 324 valence electrons. The number of nitrogens with one attached hydrogen (secondary N) is 3. The summed E-state index contributed by atoms with van der Waals surface area (Å²) in [7, 11) is 0. The molecule has 2 aliphatic heterocycles. The Balaban J connectivity index is 0.000000184. The van der Waals surface area contributed by atoms with Crippen LogP contribution in [0.5, 0.6) is 0 Å². The van der Waals surface area contributed by atoms with Crippen molar-refractivity contribution in [2.45, 2.75) is 84.0 Å². The highest BCUT2D eigenvalue weighted by atomic mass is 79.9. The predicted octanol–water partition coefficient (Wildman–Crippen LogP) is 6.07. The lowest BCUT2D eigenvalue weighted by atomic mass is 10.0. The van der Waals surface area contributed by atoms with Crippen LogP contribution in [-0.2, 0) is 13.1 Å². The second kappa shape index (κ2) is 24.7. The molecule has 0 aromatic carbocycles. The molecule has 60 heavy (non-hydrogen) atoms. The third-order valence-electron chi connectivity index (χ3n) is 9.83. The van der Waals surface area contributed by atoms with Crippen molar-refractivity contribution in [1.29, 1.82) is 0 Å². The molecule has 7 N–H and O–H groups in total. The first-order valence-corrected chi connectivity index (χ1v) is 22.0. The number of pyridine rings is 2. The number of hydroxylamine groups is 1. The number of rotatable bonds is 13. The van der Waals surface area contributed by atoms with Crippen LogP contribution in [0.4, 0.5) is 23.3 Å². The van der Waals surface area contributed by atoms with Crippen molar-refractivity contribution in [3.63, 3.8) is 0 Å². The molecule has 0 amide bonds. The molecule has 17 nitrogen and oxygen atoms in total. The average Bonchev–Trinajstić information content (AvgIpc) is 4.06. The maximum absolute atomic E-state index is 9.75. The fourth-order valence-electron chi connectivity index (χ4n) is 6.78. The molecule has 6 aromatic heterocycles. The number of hydrogen-bond acceptors (Lipinski definition) is 15. The third kappa shape index (κ3) is 13.0. The molecular weight excluding hydrogens is 898 g/mol. The zero-order valence-electron chi connectivity index (χ0n) is 34.2. The van der Waals surface area contributed by atoms with Gasteiger partial charge in [-0.3, -0.25) is 9.97 Å². The van der Waals surface area contributed by atoms with E-state index in [1.807, 2.05) is 53.6 Å². The van der Waals surface area contributed by atoms with Gasteiger partial charge >= 0.3 is 0 Å². The van der Waals surface area contributed by atoms with Crippen molar-refractivity contribution < 1.29 is 20.5 Å². The molecule has 2 aliphatic rings. The number of piperidine rings is 1. The number of nitrogens with zero attached hydrogens (tertiary/aromatic N) is 10. The number of halogens is 2. The molecule has 0 saturated carbocycles. The lowest BCUT2D eigenvalue weighted by Crippen LogP contribution is -2.42. The highest BCUT2D eigenvalue weighted by Crippen LogP contribution is 2.29. The Morgan fingerprint density at radius 2 is 1.28 bits per heavy atom. The van der Waals surface area contributed by atoms with Gasteiger partial charge in [-0.25, -0.2) is 15.4 Å². The number of aliphatic hydroxyl groups excluding tert-OH is 3. The van der Waals surface area contributed by atoms with Crippen LogP contribution in [0.3, 0.4) is 0 Å². The maximum Gasteiger partial charge on any atom is 0.173 e. The summed E-state index contributed by atoms with van der Waals surface area (Å²) in [4.78, 5) is 22.4. The summed E-state index contributed by atoms with van der Waals surface area (Å²) >= 11 is 7.07. The molecule has 2 saturated heterocycles. The van der Waals surface area contributed by atoms with Crippen molar-refractivity contribution in [2.24, 2.45) is 0 Å². The Hall–Kier alpha value is -4.50.